The molecule has 0 bridgehead atoms. The van der Waals surface area contributed by atoms with E-state index in [9.17, 15) is 13.2 Å². The molecule has 1 N–H and O–H groups in total. The molecule has 2 aliphatic heterocycles. The molecule has 1 aromatic rings. The Morgan fingerprint density at radius 1 is 1.00 bits per heavy atom. The van der Waals surface area contributed by atoms with Crippen LogP contribution in [0, 0.1) is 6.92 Å². The molecule has 0 aliphatic carbocycles. The van der Waals surface area contributed by atoms with Crippen LogP contribution in [0.4, 0.5) is 0 Å². The van der Waals surface area contributed by atoms with Crippen molar-refractivity contribution in [3.8, 4) is 0 Å². The number of sulfonamides is 1. The Morgan fingerprint density at radius 2 is 1.67 bits per heavy atom. The number of likely N-dealkylation sites (tertiary alicyclic amines) is 1. The number of carbonyl (C=O) groups is 1. The molecule has 1 amide bonds. The summed E-state index contributed by atoms with van der Waals surface area (Å²) in [7, 11) is -1.60. The first-order valence-electron chi connectivity index (χ1n) is 11.2. The Balaban J connectivity index is 1.57. The van der Waals surface area contributed by atoms with Gasteiger partial charge < -0.3 is 15.1 Å². The largest absolute Gasteiger partial charge is 0.352 e. The normalized spacial score (nSPS) is 20.1. The molecule has 1 aromatic carbocycles. The second-order valence-corrected chi connectivity index (χ2v) is 10.5. The Kier molecular flexibility index (Phi) is 8.27. The number of benzene rings is 1. The summed E-state index contributed by atoms with van der Waals surface area (Å²) in [6, 6.07) is 4.98. The molecular weight excluding hydrogens is 400 g/mol. The van der Waals surface area contributed by atoms with Gasteiger partial charge in [-0.2, -0.15) is 4.31 Å². The highest BCUT2D eigenvalue weighted by Crippen LogP contribution is 2.22. The van der Waals surface area contributed by atoms with Crippen molar-refractivity contribution < 1.29 is 13.2 Å². The standard InChI is InChI=1S/C22H36N4O3S/c1-19-8-9-20(18-21(19)30(28,29)26-16-14-24(2)15-17-26)22(27)23-10-7-13-25-11-5-3-4-6-12-25/h8-9,18H,3-7,10-17H2,1-2H3,(H,23,27). The zero-order valence-corrected chi connectivity index (χ0v) is 19.2. The minimum atomic E-state index is -3.60. The molecule has 0 atom stereocenters. The number of aryl methyl sites for hydroxylation is 1. The Morgan fingerprint density at radius 3 is 2.33 bits per heavy atom. The molecule has 0 aromatic heterocycles. The Labute approximate surface area is 181 Å². The van der Waals surface area contributed by atoms with Gasteiger partial charge in [-0.1, -0.05) is 18.9 Å². The maximum Gasteiger partial charge on any atom is 0.251 e. The molecule has 2 saturated heterocycles. The number of hydrogen-bond donors (Lipinski definition) is 1. The van der Waals surface area contributed by atoms with Gasteiger partial charge in [0.2, 0.25) is 10.0 Å². The fourth-order valence-electron chi connectivity index (χ4n) is 4.15. The number of rotatable bonds is 7. The van der Waals surface area contributed by atoms with Crippen molar-refractivity contribution in [1.82, 2.24) is 19.4 Å². The highest BCUT2D eigenvalue weighted by atomic mass is 32.2. The summed E-state index contributed by atoms with van der Waals surface area (Å²) >= 11 is 0. The lowest BCUT2D eigenvalue weighted by Crippen LogP contribution is -2.47. The predicted octanol–water partition coefficient (Wildman–Crippen LogP) is 1.93. The summed E-state index contributed by atoms with van der Waals surface area (Å²) in [5.74, 6) is -0.208. The van der Waals surface area contributed by atoms with E-state index >= 15 is 0 Å². The number of amides is 1. The molecular formula is C22H36N4O3S. The van der Waals surface area contributed by atoms with E-state index in [0.29, 0.717) is 30.8 Å². The first-order valence-corrected chi connectivity index (χ1v) is 12.6. The van der Waals surface area contributed by atoms with Crippen molar-refractivity contribution in [1.29, 1.82) is 0 Å². The van der Waals surface area contributed by atoms with Gasteiger partial charge in [-0.05, 0) is 70.6 Å². The number of nitrogens with one attached hydrogen (secondary N) is 1. The minimum absolute atomic E-state index is 0.208. The minimum Gasteiger partial charge on any atom is -0.352 e. The van der Waals surface area contributed by atoms with Crippen LogP contribution in [-0.4, -0.2) is 87.8 Å². The van der Waals surface area contributed by atoms with Gasteiger partial charge in [-0.3, -0.25) is 4.79 Å². The van der Waals surface area contributed by atoms with Gasteiger partial charge in [0, 0.05) is 38.3 Å². The van der Waals surface area contributed by atoms with Crippen LogP contribution in [0.1, 0.15) is 48.0 Å². The molecule has 2 aliphatic rings. The third kappa shape index (κ3) is 6.03. The van der Waals surface area contributed by atoms with Gasteiger partial charge in [0.15, 0.2) is 0 Å². The van der Waals surface area contributed by atoms with Crippen molar-refractivity contribution >= 4 is 15.9 Å². The molecule has 0 spiro atoms. The Hall–Kier alpha value is -1.48. The van der Waals surface area contributed by atoms with Crippen LogP contribution in [0.3, 0.4) is 0 Å². The SMILES string of the molecule is Cc1ccc(C(=O)NCCCN2CCCCCC2)cc1S(=O)(=O)N1CCN(C)CC1. The molecule has 0 unspecified atom stereocenters. The summed E-state index contributed by atoms with van der Waals surface area (Å²) in [6.45, 7) is 8.08. The van der Waals surface area contributed by atoms with Crippen molar-refractivity contribution in [3.05, 3.63) is 29.3 Å². The first-order chi connectivity index (χ1) is 14.4. The lowest BCUT2D eigenvalue weighted by Gasteiger charge is -2.32. The van der Waals surface area contributed by atoms with E-state index in [1.165, 1.54) is 36.1 Å². The van der Waals surface area contributed by atoms with E-state index in [4.69, 9.17) is 0 Å². The molecule has 0 saturated carbocycles. The lowest BCUT2D eigenvalue weighted by molar-refractivity contribution is 0.0951. The fraction of sp³-hybridized carbons (Fsp3) is 0.682. The van der Waals surface area contributed by atoms with E-state index in [1.807, 2.05) is 7.05 Å². The van der Waals surface area contributed by atoms with Crippen molar-refractivity contribution in [2.45, 2.75) is 43.9 Å². The van der Waals surface area contributed by atoms with Crippen molar-refractivity contribution in [3.63, 3.8) is 0 Å². The lowest BCUT2D eigenvalue weighted by atomic mass is 10.1. The van der Waals surface area contributed by atoms with Crippen LogP contribution in [0.2, 0.25) is 0 Å². The monoisotopic (exact) mass is 436 g/mol. The Bertz CT molecular complexity index is 812. The van der Waals surface area contributed by atoms with E-state index < -0.39 is 10.0 Å². The summed E-state index contributed by atoms with van der Waals surface area (Å²) in [5.41, 5.74) is 1.08. The molecule has 0 radical (unpaired) electrons. The van der Waals surface area contributed by atoms with Gasteiger partial charge in [0.25, 0.3) is 5.91 Å². The van der Waals surface area contributed by atoms with Crippen LogP contribution >= 0.6 is 0 Å². The highest BCUT2D eigenvalue weighted by molar-refractivity contribution is 7.89. The third-order valence-electron chi connectivity index (χ3n) is 6.17. The quantitative estimate of drug-likeness (QED) is 0.661. The average molecular weight is 437 g/mol. The highest BCUT2D eigenvalue weighted by Gasteiger charge is 2.29. The van der Waals surface area contributed by atoms with Crippen molar-refractivity contribution in [2.75, 3.05) is 59.4 Å². The van der Waals surface area contributed by atoms with Crippen LogP contribution in [0.15, 0.2) is 23.1 Å². The zero-order chi connectivity index (χ0) is 21.6. The molecule has 7 nitrogen and oxygen atoms in total. The van der Waals surface area contributed by atoms with E-state index in [2.05, 4.69) is 15.1 Å². The number of carbonyl (C=O) groups excluding carboxylic acids is 1. The fourth-order valence-corrected chi connectivity index (χ4v) is 5.83. The van der Waals surface area contributed by atoms with Crippen LogP contribution in [-0.2, 0) is 10.0 Å². The summed E-state index contributed by atoms with van der Waals surface area (Å²) in [4.78, 5) is 17.5. The van der Waals surface area contributed by atoms with Gasteiger partial charge in [0.05, 0.1) is 4.90 Å². The zero-order valence-electron chi connectivity index (χ0n) is 18.4. The summed E-state index contributed by atoms with van der Waals surface area (Å²) in [5, 5.41) is 2.96. The summed E-state index contributed by atoms with van der Waals surface area (Å²) < 4.78 is 27.8. The summed E-state index contributed by atoms with van der Waals surface area (Å²) in [6.07, 6.45) is 6.07. The van der Waals surface area contributed by atoms with Gasteiger partial charge in [-0.15, -0.1) is 0 Å². The van der Waals surface area contributed by atoms with Gasteiger partial charge >= 0.3 is 0 Å². The number of nitrogens with zero attached hydrogens (tertiary/aromatic N) is 3. The average Bonchev–Trinajstić information content (AvgIpc) is 3.00. The van der Waals surface area contributed by atoms with E-state index in [-0.39, 0.29) is 10.8 Å². The maximum absolute atomic E-state index is 13.1. The van der Waals surface area contributed by atoms with Gasteiger partial charge in [-0.25, -0.2) is 8.42 Å². The molecule has 3 rings (SSSR count). The van der Waals surface area contributed by atoms with Crippen molar-refractivity contribution in [2.24, 2.45) is 0 Å². The maximum atomic E-state index is 13.1. The van der Waals surface area contributed by atoms with Gasteiger partial charge in [0.1, 0.15) is 0 Å². The predicted molar refractivity (Wildman–Crippen MR) is 119 cm³/mol. The first kappa shape index (κ1) is 23.2. The topological polar surface area (TPSA) is 73.0 Å². The number of hydrogen-bond acceptors (Lipinski definition) is 5. The third-order valence-corrected chi connectivity index (χ3v) is 8.21. The van der Waals surface area contributed by atoms with E-state index in [1.54, 1.807) is 19.1 Å². The van der Waals surface area contributed by atoms with E-state index in [0.717, 1.165) is 39.1 Å². The smallest absolute Gasteiger partial charge is 0.251 e. The molecule has 30 heavy (non-hydrogen) atoms. The molecule has 8 heteroatoms. The van der Waals surface area contributed by atoms with Crippen LogP contribution in [0.5, 0.6) is 0 Å². The van der Waals surface area contributed by atoms with Crippen LogP contribution < -0.4 is 5.32 Å². The second kappa shape index (κ2) is 10.7. The van der Waals surface area contributed by atoms with Crippen LogP contribution in [0.25, 0.3) is 0 Å². The number of likely N-dealkylation sites (N-methyl/N-ethyl adjacent to an activating group) is 1. The molecule has 2 heterocycles. The molecule has 2 fully saturated rings. The number of piperazine rings is 1. The second-order valence-electron chi connectivity index (χ2n) is 8.55. The molecule has 168 valence electrons.